The Morgan fingerprint density at radius 1 is 1.53 bits per heavy atom. The molecule has 2 N–H and O–H groups in total. The molecule has 0 saturated carbocycles. The molecule has 0 spiro atoms. The van der Waals surface area contributed by atoms with E-state index in [0.29, 0.717) is 5.92 Å². The van der Waals surface area contributed by atoms with Crippen molar-refractivity contribution < 1.29 is 4.79 Å². The van der Waals surface area contributed by atoms with E-state index in [-0.39, 0.29) is 17.4 Å². The molecule has 15 heavy (non-hydrogen) atoms. The lowest BCUT2D eigenvalue weighted by Crippen LogP contribution is -2.53. The monoisotopic (exact) mass is 212 g/mol. The van der Waals surface area contributed by atoms with E-state index in [9.17, 15) is 4.79 Å². The predicted octanol–water partition coefficient (Wildman–Crippen LogP) is 1.54. The average molecular weight is 212 g/mol. The van der Waals surface area contributed by atoms with Crippen LogP contribution in [0.25, 0.3) is 0 Å². The number of hydrogen-bond acceptors (Lipinski definition) is 2. The highest BCUT2D eigenvalue weighted by atomic mass is 16.2. The van der Waals surface area contributed by atoms with Crippen LogP contribution >= 0.6 is 0 Å². The first kappa shape index (κ1) is 12.5. The van der Waals surface area contributed by atoms with Crippen molar-refractivity contribution in [2.24, 2.45) is 11.8 Å². The molecular weight excluding hydrogens is 188 g/mol. The number of hydrogen-bond donors (Lipinski definition) is 2. The summed E-state index contributed by atoms with van der Waals surface area (Å²) in [6.07, 6.45) is 2.14. The normalized spacial score (nSPS) is 19.5. The summed E-state index contributed by atoms with van der Waals surface area (Å²) in [7, 11) is 0. The van der Waals surface area contributed by atoms with Crippen LogP contribution in [0.2, 0.25) is 0 Å². The molecule has 3 nitrogen and oxygen atoms in total. The molecule has 0 aromatic carbocycles. The molecule has 0 aromatic heterocycles. The summed E-state index contributed by atoms with van der Waals surface area (Å²) in [5.41, 5.74) is -0.0583. The number of rotatable bonds is 5. The molecule has 1 rings (SSSR count). The van der Waals surface area contributed by atoms with Crippen molar-refractivity contribution in [2.45, 2.75) is 46.1 Å². The van der Waals surface area contributed by atoms with Gasteiger partial charge in [0.15, 0.2) is 0 Å². The van der Waals surface area contributed by atoms with Gasteiger partial charge in [-0.2, -0.15) is 0 Å². The molecule has 0 bridgehead atoms. The van der Waals surface area contributed by atoms with Crippen molar-refractivity contribution in [1.29, 1.82) is 0 Å². The van der Waals surface area contributed by atoms with Crippen molar-refractivity contribution in [3.8, 4) is 0 Å². The maximum atomic E-state index is 11.9. The summed E-state index contributed by atoms with van der Waals surface area (Å²) >= 11 is 0. The van der Waals surface area contributed by atoms with Crippen LogP contribution in [-0.2, 0) is 4.79 Å². The van der Waals surface area contributed by atoms with Crippen LogP contribution in [0.1, 0.15) is 40.5 Å². The fourth-order valence-electron chi connectivity index (χ4n) is 2.01. The van der Waals surface area contributed by atoms with Gasteiger partial charge in [-0.05, 0) is 39.3 Å². The maximum Gasteiger partial charge on any atom is 0.223 e. The Hall–Kier alpha value is -0.570. The summed E-state index contributed by atoms with van der Waals surface area (Å²) in [5, 5.41) is 6.34. The average Bonchev–Trinajstić information content (AvgIpc) is 1.99. The molecule has 0 radical (unpaired) electrons. The third kappa shape index (κ3) is 3.49. The van der Waals surface area contributed by atoms with Crippen LogP contribution in [0.3, 0.4) is 0 Å². The van der Waals surface area contributed by atoms with Gasteiger partial charge in [-0.15, -0.1) is 0 Å². The van der Waals surface area contributed by atoms with Gasteiger partial charge < -0.3 is 10.6 Å². The first-order chi connectivity index (χ1) is 6.96. The van der Waals surface area contributed by atoms with E-state index in [1.807, 2.05) is 6.92 Å². The molecular formula is C12H24N2O. The second-order valence-electron chi connectivity index (χ2n) is 5.33. The molecule has 88 valence electrons. The fraction of sp³-hybridized carbons (Fsp3) is 0.917. The van der Waals surface area contributed by atoms with Crippen molar-refractivity contribution in [2.75, 3.05) is 13.1 Å². The van der Waals surface area contributed by atoms with E-state index < -0.39 is 0 Å². The van der Waals surface area contributed by atoms with Crippen LogP contribution in [0.4, 0.5) is 0 Å². The predicted molar refractivity (Wildman–Crippen MR) is 62.7 cm³/mol. The van der Waals surface area contributed by atoms with Crippen LogP contribution in [0.5, 0.6) is 0 Å². The Balaban J connectivity index is 2.39. The molecule has 1 heterocycles. The van der Waals surface area contributed by atoms with Crippen LogP contribution in [-0.4, -0.2) is 24.5 Å². The lowest BCUT2D eigenvalue weighted by molar-refractivity contribution is -0.128. The second kappa shape index (κ2) is 4.97. The smallest absolute Gasteiger partial charge is 0.223 e. The van der Waals surface area contributed by atoms with Gasteiger partial charge in [0.2, 0.25) is 5.91 Å². The third-order valence-corrected chi connectivity index (χ3v) is 3.27. The fourth-order valence-corrected chi connectivity index (χ4v) is 2.01. The number of nitrogens with one attached hydrogen (secondary N) is 2. The first-order valence-corrected chi connectivity index (χ1v) is 5.99. The molecule has 0 aliphatic carbocycles. The van der Waals surface area contributed by atoms with Gasteiger partial charge in [-0.1, -0.05) is 20.3 Å². The summed E-state index contributed by atoms with van der Waals surface area (Å²) in [4.78, 5) is 11.9. The van der Waals surface area contributed by atoms with Gasteiger partial charge in [0.05, 0.1) is 0 Å². The topological polar surface area (TPSA) is 41.1 Å². The zero-order valence-corrected chi connectivity index (χ0v) is 10.4. The minimum Gasteiger partial charge on any atom is -0.351 e. The summed E-state index contributed by atoms with van der Waals surface area (Å²) in [6, 6.07) is 0. The van der Waals surface area contributed by atoms with Gasteiger partial charge in [-0.3, -0.25) is 4.79 Å². The quantitative estimate of drug-likeness (QED) is 0.726. The summed E-state index contributed by atoms with van der Waals surface area (Å²) in [6.45, 7) is 10.3. The molecule has 1 atom stereocenters. The standard InChI is InChI=1S/C12H24N2O/c1-5-6-12(3,4)14-11(15)9(2)10-7-13-8-10/h9-10,13H,5-8H2,1-4H3,(H,14,15). The Morgan fingerprint density at radius 2 is 2.13 bits per heavy atom. The molecule has 1 fully saturated rings. The second-order valence-corrected chi connectivity index (χ2v) is 5.33. The van der Waals surface area contributed by atoms with Crippen molar-refractivity contribution >= 4 is 5.91 Å². The zero-order valence-electron chi connectivity index (χ0n) is 10.4. The lowest BCUT2D eigenvalue weighted by atomic mass is 9.87. The third-order valence-electron chi connectivity index (χ3n) is 3.27. The molecule has 1 unspecified atom stereocenters. The van der Waals surface area contributed by atoms with E-state index in [1.54, 1.807) is 0 Å². The van der Waals surface area contributed by atoms with Crippen molar-refractivity contribution in [3.63, 3.8) is 0 Å². The molecule has 1 amide bonds. The van der Waals surface area contributed by atoms with Gasteiger partial charge in [0.25, 0.3) is 0 Å². The highest BCUT2D eigenvalue weighted by Crippen LogP contribution is 2.18. The maximum absolute atomic E-state index is 11.9. The van der Waals surface area contributed by atoms with Crippen molar-refractivity contribution in [3.05, 3.63) is 0 Å². The highest BCUT2D eigenvalue weighted by molar-refractivity contribution is 5.79. The van der Waals surface area contributed by atoms with E-state index >= 15 is 0 Å². The Morgan fingerprint density at radius 3 is 2.53 bits per heavy atom. The minimum absolute atomic E-state index is 0.0583. The van der Waals surface area contributed by atoms with Gasteiger partial charge >= 0.3 is 0 Å². The Bertz CT molecular complexity index is 222. The Labute approximate surface area is 93.0 Å². The van der Waals surface area contributed by atoms with Crippen LogP contribution in [0, 0.1) is 11.8 Å². The van der Waals surface area contributed by atoms with E-state index in [0.717, 1.165) is 25.9 Å². The van der Waals surface area contributed by atoms with Gasteiger partial charge in [0.1, 0.15) is 0 Å². The van der Waals surface area contributed by atoms with Gasteiger partial charge in [0, 0.05) is 11.5 Å². The molecule has 1 aliphatic heterocycles. The summed E-state index contributed by atoms with van der Waals surface area (Å²) in [5.74, 6) is 0.879. The summed E-state index contributed by atoms with van der Waals surface area (Å²) < 4.78 is 0. The first-order valence-electron chi connectivity index (χ1n) is 5.99. The zero-order chi connectivity index (χ0) is 11.5. The number of carbonyl (C=O) groups is 1. The highest BCUT2D eigenvalue weighted by Gasteiger charge is 2.31. The van der Waals surface area contributed by atoms with Crippen LogP contribution < -0.4 is 10.6 Å². The lowest BCUT2D eigenvalue weighted by Gasteiger charge is -2.34. The van der Waals surface area contributed by atoms with Crippen molar-refractivity contribution in [1.82, 2.24) is 10.6 Å². The van der Waals surface area contributed by atoms with Crippen LogP contribution in [0.15, 0.2) is 0 Å². The SMILES string of the molecule is CCCC(C)(C)NC(=O)C(C)C1CNC1. The van der Waals surface area contributed by atoms with Gasteiger partial charge in [-0.25, -0.2) is 0 Å². The molecule has 0 aromatic rings. The minimum atomic E-state index is -0.0583. The molecule has 1 aliphatic rings. The van der Waals surface area contributed by atoms with E-state index in [2.05, 4.69) is 31.4 Å². The van der Waals surface area contributed by atoms with E-state index in [1.165, 1.54) is 0 Å². The number of carbonyl (C=O) groups excluding carboxylic acids is 1. The molecule has 3 heteroatoms. The Kier molecular flexibility index (Phi) is 4.14. The number of amides is 1. The molecule has 1 saturated heterocycles. The largest absolute Gasteiger partial charge is 0.351 e. The van der Waals surface area contributed by atoms with E-state index in [4.69, 9.17) is 0 Å².